The molecule has 0 radical (unpaired) electrons. The molecule has 0 unspecified atom stereocenters. The summed E-state index contributed by atoms with van der Waals surface area (Å²) in [4.78, 5) is -0.198. The minimum atomic E-state index is -3.92. The first-order valence-electron chi connectivity index (χ1n) is 5.37. The van der Waals surface area contributed by atoms with Crippen molar-refractivity contribution in [1.82, 2.24) is 9.78 Å². The lowest BCUT2D eigenvalue weighted by Gasteiger charge is -2.10. The molecule has 2 aromatic rings. The van der Waals surface area contributed by atoms with Gasteiger partial charge >= 0.3 is 0 Å². The highest BCUT2D eigenvalue weighted by Crippen LogP contribution is 2.23. The molecule has 1 aromatic carbocycles. The average molecular weight is 284 g/mol. The molecule has 0 bridgehead atoms. The van der Waals surface area contributed by atoms with E-state index in [0.29, 0.717) is 0 Å². The lowest BCUT2D eigenvalue weighted by Crippen LogP contribution is -2.16. The minimum absolute atomic E-state index is 0.0117. The second kappa shape index (κ2) is 4.54. The maximum Gasteiger partial charge on any atom is 0.263 e. The van der Waals surface area contributed by atoms with Crippen LogP contribution in [0.1, 0.15) is 5.56 Å². The second-order valence-corrected chi connectivity index (χ2v) is 5.76. The molecule has 102 valence electrons. The van der Waals surface area contributed by atoms with E-state index in [1.807, 2.05) is 0 Å². The highest BCUT2D eigenvalue weighted by atomic mass is 32.2. The quantitative estimate of drug-likeness (QED) is 0.830. The lowest BCUT2D eigenvalue weighted by molar-refractivity contribution is 0.591. The molecule has 19 heavy (non-hydrogen) atoms. The number of anilines is 2. The Labute approximate surface area is 110 Å². The van der Waals surface area contributed by atoms with Crippen LogP contribution in [0.3, 0.4) is 0 Å². The van der Waals surface area contributed by atoms with Crippen LogP contribution in [-0.2, 0) is 17.1 Å². The molecule has 0 aliphatic rings. The van der Waals surface area contributed by atoms with Crippen molar-refractivity contribution in [3.63, 3.8) is 0 Å². The summed E-state index contributed by atoms with van der Waals surface area (Å²) in [5.41, 5.74) is 5.53. The molecule has 0 amide bonds. The van der Waals surface area contributed by atoms with Gasteiger partial charge in [-0.1, -0.05) is 0 Å². The molecule has 2 rings (SSSR count). The zero-order valence-corrected chi connectivity index (χ0v) is 11.2. The molecule has 1 aromatic heterocycles. The predicted octanol–water partition coefficient (Wildman–Crippen LogP) is 1.25. The van der Waals surface area contributed by atoms with Crippen LogP contribution in [0.4, 0.5) is 15.9 Å². The normalized spacial score (nSPS) is 11.5. The number of rotatable bonds is 3. The van der Waals surface area contributed by atoms with E-state index in [1.165, 1.54) is 23.7 Å². The summed E-state index contributed by atoms with van der Waals surface area (Å²) < 4.78 is 41.5. The minimum Gasteiger partial charge on any atom is -0.399 e. The molecular formula is C11H13FN4O2S. The third kappa shape index (κ3) is 2.68. The van der Waals surface area contributed by atoms with Gasteiger partial charge in [-0.15, -0.1) is 0 Å². The van der Waals surface area contributed by atoms with Crippen LogP contribution in [-0.4, -0.2) is 18.2 Å². The van der Waals surface area contributed by atoms with Gasteiger partial charge in [0.2, 0.25) is 0 Å². The molecule has 6 nitrogen and oxygen atoms in total. The Bertz CT molecular complexity index is 724. The number of benzene rings is 1. The molecule has 0 atom stereocenters. The first-order valence-corrected chi connectivity index (χ1v) is 6.86. The molecule has 3 N–H and O–H groups in total. The Kier molecular flexibility index (Phi) is 3.19. The van der Waals surface area contributed by atoms with E-state index in [0.717, 1.165) is 6.07 Å². The summed E-state index contributed by atoms with van der Waals surface area (Å²) in [6.07, 6.45) is 1.59. The first-order chi connectivity index (χ1) is 8.79. The van der Waals surface area contributed by atoms with Gasteiger partial charge < -0.3 is 5.73 Å². The maximum atomic E-state index is 13.5. The van der Waals surface area contributed by atoms with Crippen LogP contribution in [0.25, 0.3) is 0 Å². The van der Waals surface area contributed by atoms with Crippen LogP contribution in [0.5, 0.6) is 0 Å². The van der Waals surface area contributed by atoms with Gasteiger partial charge in [-0.05, 0) is 19.1 Å². The van der Waals surface area contributed by atoms with Gasteiger partial charge in [0.15, 0.2) is 5.82 Å². The number of aryl methyl sites for hydroxylation is 1. The van der Waals surface area contributed by atoms with Gasteiger partial charge in [0.05, 0.1) is 4.90 Å². The van der Waals surface area contributed by atoms with Gasteiger partial charge in [0.25, 0.3) is 10.0 Å². The summed E-state index contributed by atoms with van der Waals surface area (Å²) in [7, 11) is -2.27. The Morgan fingerprint density at radius 2 is 2.11 bits per heavy atom. The molecule has 0 saturated carbocycles. The van der Waals surface area contributed by atoms with Gasteiger partial charge in [-0.25, -0.2) is 12.8 Å². The van der Waals surface area contributed by atoms with E-state index in [1.54, 1.807) is 13.2 Å². The fourth-order valence-corrected chi connectivity index (χ4v) is 2.90. The van der Waals surface area contributed by atoms with Crippen molar-refractivity contribution in [2.24, 2.45) is 7.05 Å². The van der Waals surface area contributed by atoms with Gasteiger partial charge in [0.1, 0.15) is 5.82 Å². The SMILES string of the molecule is Cc1c(F)cc(N)cc1S(=O)(=O)Nc1ccn(C)n1. The average Bonchev–Trinajstić information content (AvgIpc) is 2.68. The van der Waals surface area contributed by atoms with E-state index in [2.05, 4.69) is 9.82 Å². The summed E-state index contributed by atoms with van der Waals surface area (Å²) >= 11 is 0. The molecular weight excluding hydrogens is 271 g/mol. The molecule has 1 heterocycles. The topological polar surface area (TPSA) is 90.0 Å². The van der Waals surface area contributed by atoms with Crippen molar-refractivity contribution >= 4 is 21.5 Å². The van der Waals surface area contributed by atoms with Crippen molar-refractivity contribution in [1.29, 1.82) is 0 Å². The van der Waals surface area contributed by atoms with E-state index < -0.39 is 15.8 Å². The number of nitrogens with two attached hydrogens (primary N) is 1. The van der Waals surface area contributed by atoms with Crippen molar-refractivity contribution in [3.05, 3.63) is 35.8 Å². The lowest BCUT2D eigenvalue weighted by atomic mass is 10.2. The summed E-state index contributed by atoms with van der Waals surface area (Å²) in [6.45, 7) is 1.38. The van der Waals surface area contributed by atoms with Gasteiger partial charge in [0, 0.05) is 30.6 Å². The van der Waals surface area contributed by atoms with Gasteiger partial charge in [-0.3, -0.25) is 9.40 Å². The maximum absolute atomic E-state index is 13.5. The third-order valence-corrected chi connectivity index (χ3v) is 4.04. The molecule has 0 aliphatic heterocycles. The Morgan fingerprint density at radius 3 is 2.68 bits per heavy atom. The van der Waals surface area contributed by atoms with E-state index >= 15 is 0 Å². The monoisotopic (exact) mass is 284 g/mol. The Balaban J connectivity index is 2.45. The zero-order chi connectivity index (χ0) is 14.2. The van der Waals surface area contributed by atoms with E-state index in [9.17, 15) is 12.8 Å². The van der Waals surface area contributed by atoms with Crippen molar-refractivity contribution < 1.29 is 12.8 Å². The molecule has 0 saturated heterocycles. The van der Waals surface area contributed by atoms with Crippen LogP contribution in [0.15, 0.2) is 29.3 Å². The first kappa shape index (κ1) is 13.3. The highest BCUT2D eigenvalue weighted by Gasteiger charge is 2.20. The number of nitrogens with one attached hydrogen (secondary N) is 1. The Morgan fingerprint density at radius 1 is 1.42 bits per heavy atom. The molecule has 0 spiro atoms. The van der Waals surface area contributed by atoms with Crippen LogP contribution in [0.2, 0.25) is 0 Å². The summed E-state index contributed by atoms with van der Waals surface area (Å²) in [5.74, 6) is -0.508. The molecule has 0 fully saturated rings. The molecule has 0 aliphatic carbocycles. The third-order valence-electron chi connectivity index (χ3n) is 2.56. The number of halogens is 1. The summed E-state index contributed by atoms with van der Waals surface area (Å²) in [5, 5.41) is 3.90. The van der Waals surface area contributed by atoms with E-state index in [4.69, 9.17) is 5.73 Å². The smallest absolute Gasteiger partial charge is 0.263 e. The van der Waals surface area contributed by atoms with Crippen LogP contribution < -0.4 is 10.5 Å². The number of nitrogens with zero attached hydrogens (tertiary/aromatic N) is 2. The van der Waals surface area contributed by atoms with Crippen molar-refractivity contribution in [3.8, 4) is 0 Å². The summed E-state index contributed by atoms with van der Waals surface area (Å²) in [6, 6.07) is 3.79. The number of hydrogen-bond donors (Lipinski definition) is 2. The second-order valence-electron chi connectivity index (χ2n) is 4.11. The highest BCUT2D eigenvalue weighted by molar-refractivity contribution is 7.92. The van der Waals surface area contributed by atoms with Gasteiger partial charge in [-0.2, -0.15) is 5.10 Å². The Hall–Kier alpha value is -2.09. The van der Waals surface area contributed by atoms with Crippen LogP contribution in [0, 0.1) is 12.7 Å². The number of nitrogen functional groups attached to an aromatic ring is 1. The fourth-order valence-electron chi connectivity index (χ4n) is 1.61. The van der Waals surface area contributed by atoms with Crippen molar-refractivity contribution in [2.75, 3.05) is 10.5 Å². The van der Waals surface area contributed by atoms with Crippen molar-refractivity contribution in [2.45, 2.75) is 11.8 Å². The fraction of sp³-hybridized carbons (Fsp3) is 0.182. The number of sulfonamides is 1. The number of aromatic nitrogens is 2. The van der Waals surface area contributed by atoms with E-state index in [-0.39, 0.29) is 22.0 Å². The van der Waals surface area contributed by atoms with Crippen LogP contribution >= 0.6 is 0 Å². The predicted molar refractivity (Wildman–Crippen MR) is 69.6 cm³/mol. The zero-order valence-electron chi connectivity index (χ0n) is 10.4. The number of hydrogen-bond acceptors (Lipinski definition) is 4. The molecule has 8 heteroatoms. The largest absolute Gasteiger partial charge is 0.399 e. The standard InChI is InChI=1S/C11H13FN4O2S/c1-7-9(12)5-8(13)6-10(7)19(17,18)15-11-3-4-16(2)14-11/h3-6H,13H2,1-2H3,(H,14,15).